The average molecular weight is 645 g/mol. The lowest BCUT2D eigenvalue weighted by Gasteiger charge is -2.49. The van der Waals surface area contributed by atoms with Crippen LogP contribution in [0.15, 0.2) is 71.9 Å². The zero-order valence-corrected chi connectivity index (χ0v) is 26.3. The highest BCUT2D eigenvalue weighted by atomic mass is 32.2. The highest BCUT2D eigenvalue weighted by Gasteiger charge is 2.54. The number of aromatic nitrogens is 1. The molecule has 2 aromatic rings. The Balaban J connectivity index is 1.13. The molecule has 45 heavy (non-hydrogen) atoms. The van der Waals surface area contributed by atoms with Crippen molar-refractivity contribution in [3.63, 3.8) is 0 Å². The van der Waals surface area contributed by atoms with Crippen LogP contribution in [0.5, 0.6) is 0 Å². The molecule has 0 saturated carbocycles. The molecule has 0 spiro atoms. The molecule has 0 aromatic heterocycles. The Bertz CT molecular complexity index is 1940. The van der Waals surface area contributed by atoms with Crippen LogP contribution in [0.1, 0.15) is 11.1 Å². The monoisotopic (exact) mass is 644 g/mol. The van der Waals surface area contributed by atoms with Crippen molar-refractivity contribution >= 4 is 62.9 Å². The molecule has 3 amide bonds. The molecule has 2 aromatic carbocycles. The van der Waals surface area contributed by atoms with E-state index in [1.165, 1.54) is 11.8 Å². The first kappa shape index (κ1) is 30.3. The number of aryl methyl sites for hydroxylation is 1. The summed E-state index contributed by atoms with van der Waals surface area (Å²) in [4.78, 5) is 57.5. The topological polar surface area (TPSA) is 141 Å². The molecule has 13 heteroatoms. The Labute approximate surface area is 266 Å². The summed E-state index contributed by atoms with van der Waals surface area (Å²) in [5.41, 5.74) is 3.91. The first-order valence-corrected chi connectivity index (χ1v) is 16.0. The smallest absolute Gasteiger partial charge is 0.411 e. The van der Waals surface area contributed by atoms with E-state index in [0.29, 0.717) is 11.3 Å². The van der Waals surface area contributed by atoms with Gasteiger partial charge in [0.15, 0.2) is 0 Å². The molecule has 0 radical (unpaired) electrons. The Morgan fingerprint density at radius 1 is 1.11 bits per heavy atom. The average Bonchev–Trinajstić information content (AvgIpc) is 3.01. The first-order chi connectivity index (χ1) is 21.6. The van der Waals surface area contributed by atoms with Gasteiger partial charge in [0.1, 0.15) is 37.8 Å². The summed E-state index contributed by atoms with van der Waals surface area (Å²) in [7, 11) is 3.95. The number of amides is 3. The van der Waals surface area contributed by atoms with Crippen LogP contribution in [0.25, 0.3) is 20.8 Å². The normalized spacial score (nSPS) is 17.5. The molecule has 1 saturated heterocycles. The minimum Gasteiger partial charge on any atom is -0.477 e. The van der Waals surface area contributed by atoms with Crippen molar-refractivity contribution in [1.29, 1.82) is 0 Å². The summed E-state index contributed by atoms with van der Waals surface area (Å²) in [5, 5.41) is 16.0. The van der Waals surface area contributed by atoms with Gasteiger partial charge in [-0.25, -0.2) is 19.1 Å². The third kappa shape index (κ3) is 6.13. The van der Waals surface area contributed by atoms with Crippen LogP contribution in [0, 0.1) is 6.92 Å². The molecule has 1 fully saturated rings. The SMILES string of the molecule is Cc1cc2nc3ccc(=[N+](C)C)cc-3sc2cc1NC(=O)OCC1=C(C(=O)O)N2C(=O)[C@@H](NC(=O)Cc3ccccc3)[C@H]2SC1. The van der Waals surface area contributed by atoms with Crippen molar-refractivity contribution in [2.45, 2.75) is 24.8 Å². The summed E-state index contributed by atoms with van der Waals surface area (Å²) in [6, 6.07) is 18.1. The number of ether oxygens (including phenoxy) is 1. The third-order valence-electron chi connectivity index (χ3n) is 7.61. The number of nitrogens with zero attached hydrogens (tertiary/aromatic N) is 3. The van der Waals surface area contributed by atoms with Gasteiger partial charge >= 0.3 is 12.1 Å². The molecule has 3 heterocycles. The lowest BCUT2D eigenvalue weighted by molar-refractivity contribution is -0.150. The van der Waals surface area contributed by atoms with Crippen molar-refractivity contribution in [2.75, 3.05) is 31.8 Å². The van der Waals surface area contributed by atoms with E-state index in [-0.39, 0.29) is 30.4 Å². The maximum absolute atomic E-state index is 13.0. The molecule has 2 atom stereocenters. The second kappa shape index (κ2) is 12.3. The van der Waals surface area contributed by atoms with Crippen molar-refractivity contribution in [3.8, 4) is 10.6 Å². The van der Waals surface area contributed by atoms with Gasteiger partial charge in [0.05, 0.1) is 27.2 Å². The second-order valence-electron chi connectivity index (χ2n) is 11.0. The van der Waals surface area contributed by atoms with Gasteiger partial charge in [-0.15, -0.1) is 23.1 Å². The molecule has 0 unspecified atom stereocenters. The molecule has 0 bridgehead atoms. The number of aliphatic carboxylic acids is 1. The van der Waals surface area contributed by atoms with Gasteiger partial charge in [0, 0.05) is 29.1 Å². The van der Waals surface area contributed by atoms with Crippen LogP contribution >= 0.6 is 23.1 Å². The third-order valence-corrected chi connectivity index (χ3v) is 10.0. The largest absolute Gasteiger partial charge is 0.477 e. The van der Waals surface area contributed by atoms with Crippen molar-refractivity contribution < 1.29 is 29.0 Å². The highest BCUT2D eigenvalue weighted by Crippen LogP contribution is 2.40. The predicted octanol–water partition coefficient (Wildman–Crippen LogP) is 3.27. The van der Waals surface area contributed by atoms with Gasteiger partial charge in [0.2, 0.25) is 11.3 Å². The summed E-state index contributed by atoms with van der Waals surface area (Å²) >= 11 is 2.88. The van der Waals surface area contributed by atoms with Crippen LogP contribution < -0.4 is 20.6 Å². The number of anilines is 1. The fraction of sp³-hybridized carbons (Fsp3) is 0.250. The van der Waals surface area contributed by atoms with E-state index in [1.54, 1.807) is 11.3 Å². The molecule has 4 aliphatic rings. The van der Waals surface area contributed by atoms with E-state index in [9.17, 15) is 24.3 Å². The number of nitrogens with one attached hydrogen (secondary N) is 2. The van der Waals surface area contributed by atoms with Crippen molar-refractivity contribution in [2.24, 2.45) is 0 Å². The van der Waals surface area contributed by atoms with E-state index in [1.807, 2.05) is 80.2 Å². The van der Waals surface area contributed by atoms with Gasteiger partial charge in [-0.3, -0.25) is 19.8 Å². The summed E-state index contributed by atoms with van der Waals surface area (Å²) in [6.07, 6.45) is -0.643. The molecule has 11 nitrogen and oxygen atoms in total. The first-order valence-electron chi connectivity index (χ1n) is 14.1. The highest BCUT2D eigenvalue weighted by molar-refractivity contribution is 8.00. The quantitative estimate of drug-likeness (QED) is 0.158. The predicted molar refractivity (Wildman–Crippen MR) is 173 cm³/mol. The van der Waals surface area contributed by atoms with Crippen LogP contribution in [-0.2, 0) is 25.5 Å². The molecule has 3 aliphatic heterocycles. The second-order valence-corrected chi connectivity index (χ2v) is 13.2. The number of carbonyl (C=O) groups excluding carboxylic acids is 3. The van der Waals surface area contributed by atoms with E-state index in [4.69, 9.17) is 9.72 Å². The Kier molecular flexibility index (Phi) is 8.30. The lowest BCUT2D eigenvalue weighted by Crippen LogP contribution is -2.70. The van der Waals surface area contributed by atoms with E-state index >= 15 is 0 Å². The number of rotatable bonds is 7. The van der Waals surface area contributed by atoms with E-state index in [2.05, 4.69) is 16.7 Å². The van der Waals surface area contributed by atoms with Gasteiger partial charge in [-0.1, -0.05) is 30.3 Å². The maximum Gasteiger partial charge on any atom is 0.411 e. The van der Waals surface area contributed by atoms with E-state index < -0.39 is 29.4 Å². The number of benzene rings is 3. The summed E-state index contributed by atoms with van der Waals surface area (Å²) < 4.78 is 8.34. The van der Waals surface area contributed by atoms with Crippen molar-refractivity contribution in [1.82, 2.24) is 19.8 Å². The number of carbonyl (C=O) groups is 4. The number of β-lactam (4-membered cyclic amide) rings is 1. The number of hydrogen-bond acceptors (Lipinski definition) is 8. The van der Waals surface area contributed by atoms with Crippen LogP contribution in [-0.4, -0.2) is 76.7 Å². The zero-order valence-electron chi connectivity index (χ0n) is 24.7. The van der Waals surface area contributed by atoms with E-state index in [0.717, 1.165) is 42.2 Å². The molecular weight excluding hydrogens is 615 g/mol. The van der Waals surface area contributed by atoms with Crippen LogP contribution in [0.2, 0.25) is 0 Å². The Hall–Kier alpha value is -4.75. The summed E-state index contributed by atoms with van der Waals surface area (Å²) in [5.74, 6) is -1.91. The zero-order chi connectivity index (χ0) is 31.8. The standard InChI is InChI=1S/C32H29N5O6S2/c1-17-11-23-25(45-24-13-20(36(2)3)9-10-21(24)33-23)14-22(17)34-32(42)43-15-19-16-44-30-27(29(39)37(30)28(19)31(40)41)35-26(38)12-18-7-5-4-6-8-18/h4-11,13-14,27,30H,12,15-16H2,1-3H3,(H2,35,38,40,41)/p+1/t27-,30-/m1/s1. The van der Waals surface area contributed by atoms with Gasteiger partial charge < -0.3 is 15.2 Å². The number of carboxylic acid groups (broad SMARTS) is 1. The fourth-order valence-electron chi connectivity index (χ4n) is 5.28. The number of hydrogen-bond donors (Lipinski definition) is 3. The van der Waals surface area contributed by atoms with Crippen molar-refractivity contribution in [3.05, 3.63) is 88.4 Å². The van der Waals surface area contributed by atoms with Gasteiger partial charge in [-0.05, 0) is 36.2 Å². The van der Waals surface area contributed by atoms with Gasteiger partial charge in [-0.2, -0.15) is 0 Å². The Morgan fingerprint density at radius 3 is 2.62 bits per heavy atom. The molecular formula is C32H30N5O6S2+. The minimum absolute atomic E-state index is 0.111. The molecule has 230 valence electrons. The number of carboxylic acids is 1. The lowest BCUT2D eigenvalue weighted by atomic mass is 10.0. The van der Waals surface area contributed by atoms with Gasteiger partial charge in [0.25, 0.3) is 5.91 Å². The Morgan fingerprint density at radius 2 is 1.89 bits per heavy atom. The molecule has 3 N–H and O–H groups in total. The van der Waals surface area contributed by atoms with Crippen LogP contribution in [0.4, 0.5) is 10.5 Å². The number of thioether (sulfide) groups is 1. The minimum atomic E-state index is -1.30. The van der Waals surface area contributed by atoms with Crippen LogP contribution in [0.3, 0.4) is 0 Å². The molecule has 6 rings (SSSR count). The summed E-state index contributed by atoms with van der Waals surface area (Å²) in [6.45, 7) is 1.55. The maximum atomic E-state index is 13.0. The fourth-order valence-corrected chi connectivity index (χ4v) is 7.63. The molecule has 1 aliphatic carbocycles. The number of fused-ring (bicyclic) bond motifs is 3.